The Morgan fingerprint density at radius 1 is 1.27 bits per heavy atom. The third kappa shape index (κ3) is 4.28. The summed E-state index contributed by atoms with van der Waals surface area (Å²) in [5.74, 6) is -1.12. The first-order valence-electron chi connectivity index (χ1n) is 7.21. The van der Waals surface area contributed by atoms with Gasteiger partial charge in [0, 0.05) is 42.9 Å². The van der Waals surface area contributed by atoms with E-state index < -0.39 is 11.8 Å². The van der Waals surface area contributed by atoms with Gasteiger partial charge in [0.15, 0.2) is 0 Å². The van der Waals surface area contributed by atoms with Crippen molar-refractivity contribution in [1.82, 2.24) is 9.80 Å². The average Bonchev–Trinajstić information content (AvgIpc) is 2.51. The highest BCUT2D eigenvalue weighted by Crippen LogP contribution is 2.20. The van der Waals surface area contributed by atoms with E-state index in [0.717, 1.165) is 10.0 Å². The summed E-state index contributed by atoms with van der Waals surface area (Å²) in [6.45, 7) is 5.00. The van der Waals surface area contributed by atoms with Crippen LogP contribution in [-0.2, 0) is 9.59 Å². The maximum atomic E-state index is 12.2. The van der Waals surface area contributed by atoms with Gasteiger partial charge in [-0.25, -0.2) is 0 Å². The fourth-order valence-corrected chi connectivity index (χ4v) is 2.61. The summed E-state index contributed by atoms with van der Waals surface area (Å²) in [5, 5.41) is 11.5. The first kappa shape index (κ1) is 16.9. The van der Waals surface area contributed by atoms with Crippen molar-refractivity contribution in [2.75, 3.05) is 44.6 Å². The highest BCUT2D eigenvalue weighted by molar-refractivity contribution is 9.10. The second-order valence-corrected chi connectivity index (χ2v) is 6.13. The summed E-state index contributed by atoms with van der Waals surface area (Å²) in [5.41, 5.74) is 1.60. The monoisotopic (exact) mass is 369 g/mol. The highest BCUT2D eigenvalue weighted by Gasteiger charge is 2.25. The number of aliphatic hydroxyl groups is 1. The van der Waals surface area contributed by atoms with Crippen LogP contribution in [0.2, 0.25) is 0 Å². The Balaban J connectivity index is 1.90. The summed E-state index contributed by atoms with van der Waals surface area (Å²) in [6.07, 6.45) is 0. The van der Waals surface area contributed by atoms with E-state index in [1.807, 2.05) is 19.1 Å². The number of piperazine rings is 1. The number of β-amino-alcohol motifs (C(OH)–C–C–N with tert-alkyl or cyclic N) is 1. The molecule has 0 saturated carbocycles. The van der Waals surface area contributed by atoms with Crippen molar-refractivity contribution in [3.63, 3.8) is 0 Å². The number of amides is 2. The Bertz CT molecular complexity index is 557. The van der Waals surface area contributed by atoms with Crippen LogP contribution in [0.1, 0.15) is 5.56 Å². The van der Waals surface area contributed by atoms with Gasteiger partial charge in [-0.15, -0.1) is 0 Å². The molecule has 0 aromatic heterocycles. The van der Waals surface area contributed by atoms with E-state index in [9.17, 15) is 9.59 Å². The summed E-state index contributed by atoms with van der Waals surface area (Å²) in [6, 6.07) is 5.40. The summed E-state index contributed by atoms with van der Waals surface area (Å²) >= 11 is 3.40. The van der Waals surface area contributed by atoms with Gasteiger partial charge in [-0.05, 0) is 30.7 Å². The quantitative estimate of drug-likeness (QED) is 0.774. The molecule has 1 aliphatic heterocycles. The van der Waals surface area contributed by atoms with Crippen LogP contribution in [0.4, 0.5) is 5.69 Å². The molecule has 1 aliphatic rings. The number of nitrogens with zero attached hydrogens (tertiary/aromatic N) is 2. The standard InChI is InChI=1S/C15H20BrN3O3/c1-11-10-12(2-3-13(11)16)17-14(21)15(22)19-6-4-18(5-7-19)8-9-20/h2-3,10,20H,4-9H2,1H3,(H,17,21). The first-order valence-corrected chi connectivity index (χ1v) is 8.00. The van der Waals surface area contributed by atoms with Crippen molar-refractivity contribution in [3.8, 4) is 0 Å². The van der Waals surface area contributed by atoms with Crippen LogP contribution in [-0.4, -0.2) is 66.1 Å². The number of rotatable bonds is 3. The number of halogens is 1. The fraction of sp³-hybridized carbons (Fsp3) is 0.467. The predicted octanol–water partition coefficient (Wildman–Crippen LogP) is 0.833. The number of carbonyl (C=O) groups excluding carboxylic acids is 2. The molecule has 1 saturated heterocycles. The van der Waals surface area contributed by atoms with Crippen LogP contribution in [0.15, 0.2) is 22.7 Å². The summed E-state index contributed by atoms with van der Waals surface area (Å²) < 4.78 is 0.955. The fourth-order valence-electron chi connectivity index (χ4n) is 2.37. The Kier molecular flexibility index (Phi) is 5.93. The van der Waals surface area contributed by atoms with Gasteiger partial charge < -0.3 is 15.3 Å². The van der Waals surface area contributed by atoms with Crippen molar-refractivity contribution in [3.05, 3.63) is 28.2 Å². The molecule has 1 fully saturated rings. The van der Waals surface area contributed by atoms with E-state index >= 15 is 0 Å². The summed E-state index contributed by atoms with van der Waals surface area (Å²) in [4.78, 5) is 27.8. The van der Waals surface area contributed by atoms with Crippen molar-refractivity contribution >= 4 is 33.4 Å². The maximum Gasteiger partial charge on any atom is 0.313 e. The Morgan fingerprint density at radius 2 is 1.95 bits per heavy atom. The van der Waals surface area contributed by atoms with Crippen LogP contribution >= 0.6 is 15.9 Å². The minimum absolute atomic E-state index is 0.108. The molecule has 7 heteroatoms. The molecule has 0 bridgehead atoms. The molecule has 1 aromatic carbocycles. The van der Waals surface area contributed by atoms with Crippen LogP contribution in [0.3, 0.4) is 0 Å². The van der Waals surface area contributed by atoms with E-state index in [0.29, 0.717) is 38.4 Å². The number of aryl methyl sites for hydroxylation is 1. The van der Waals surface area contributed by atoms with Gasteiger partial charge in [-0.3, -0.25) is 14.5 Å². The smallest absolute Gasteiger partial charge is 0.313 e. The normalized spacial score (nSPS) is 15.7. The number of benzene rings is 1. The van der Waals surface area contributed by atoms with Gasteiger partial charge in [-0.2, -0.15) is 0 Å². The van der Waals surface area contributed by atoms with Crippen molar-refractivity contribution in [1.29, 1.82) is 0 Å². The lowest BCUT2D eigenvalue weighted by molar-refractivity contribution is -0.144. The number of aliphatic hydroxyl groups excluding tert-OH is 1. The van der Waals surface area contributed by atoms with E-state index in [1.165, 1.54) is 0 Å². The topological polar surface area (TPSA) is 72.9 Å². The van der Waals surface area contributed by atoms with Crippen molar-refractivity contribution in [2.24, 2.45) is 0 Å². The van der Waals surface area contributed by atoms with E-state index in [-0.39, 0.29) is 6.61 Å². The molecule has 0 atom stereocenters. The molecule has 120 valence electrons. The molecule has 2 N–H and O–H groups in total. The molecular weight excluding hydrogens is 350 g/mol. The third-order valence-corrected chi connectivity index (χ3v) is 4.58. The van der Waals surface area contributed by atoms with Gasteiger partial charge >= 0.3 is 11.8 Å². The second-order valence-electron chi connectivity index (χ2n) is 5.28. The van der Waals surface area contributed by atoms with E-state index in [1.54, 1.807) is 11.0 Å². The zero-order valence-electron chi connectivity index (χ0n) is 12.5. The number of hydrogen-bond acceptors (Lipinski definition) is 4. The predicted molar refractivity (Wildman–Crippen MR) is 87.6 cm³/mol. The highest BCUT2D eigenvalue weighted by atomic mass is 79.9. The molecule has 1 aromatic rings. The van der Waals surface area contributed by atoms with Crippen LogP contribution in [0.25, 0.3) is 0 Å². The second kappa shape index (κ2) is 7.71. The van der Waals surface area contributed by atoms with Crippen molar-refractivity contribution < 1.29 is 14.7 Å². The first-order chi connectivity index (χ1) is 10.5. The Morgan fingerprint density at radius 3 is 2.55 bits per heavy atom. The number of anilines is 1. The van der Waals surface area contributed by atoms with Crippen molar-refractivity contribution in [2.45, 2.75) is 6.92 Å². The zero-order chi connectivity index (χ0) is 16.1. The lowest BCUT2D eigenvalue weighted by atomic mass is 10.2. The maximum absolute atomic E-state index is 12.2. The van der Waals surface area contributed by atoms with Crippen LogP contribution < -0.4 is 5.32 Å². The lowest BCUT2D eigenvalue weighted by Crippen LogP contribution is -2.52. The SMILES string of the molecule is Cc1cc(NC(=O)C(=O)N2CCN(CCO)CC2)ccc1Br. The molecule has 2 amide bonds. The summed E-state index contributed by atoms with van der Waals surface area (Å²) in [7, 11) is 0. The van der Waals surface area contributed by atoms with Gasteiger partial charge in [0.25, 0.3) is 0 Å². The number of carbonyl (C=O) groups is 2. The average molecular weight is 370 g/mol. The molecular formula is C15H20BrN3O3. The number of nitrogens with one attached hydrogen (secondary N) is 1. The molecule has 0 radical (unpaired) electrons. The van der Waals surface area contributed by atoms with Gasteiger partial charge in [0.05, 0.1) is 6.61 Å². The molecule has 1 heterocycles. The van der Waals surface area contributed by atoms with E-state index in [2.05, 4.69) is 26.1 Å². The molecule has 2 rings (SSSR count). The third-order valence-electron chi connectivity index (χ3n) is 3.69. The largest absolute Gasteiger partial charge is 0.395 e. The van der Waals surface area contributed by atoms with Crippen LogP contribution in [0.5, 0.6) is 0 Å². The molecule has 6 nitrogen and oxygen atoms in total. The van der Waals surface area contributed by atoms with E-state index in [4.69, 9.17) is 5.11 Å². The Hall–Kier alpha value is -1.44. The van der Waals surface area contributed by atoms with Gasteiger partial charge in [0.2, 0.25) is 0 Å². The molecule has 0 aliphatic carbocycles. The zero-order valence-corrected chi connectivity index (χ0v) is 14.1. The number of hydrogen-bond donors (Lipinski definition) is 2. The lowest BCUT2D eigenvalue weighted by Gasteiger charge is -2.33. The van der Waals surface area contributed by atoms with Gasteiger partial charge in [-0.1, -0.05) is 15.9 Å². The molecule has 0 spiro atoms. The van der Waals surface area contributed by atoms with Crippen LogP contribution in [0, 0.1) is 6.92 Å². The molecule has 0 unspecified atom stereocenters. The molecule has 22 heavy (non-hydrogen) atoms. The minimum Gasteiger partial charge on any atom is -0.395 e. The van der Waals surface area contributed by atoms with Gasteiger partial charge in [0.1, 0.15) is 0 Å². The minimum atomic E-state index is -0.614. The Labute approximate surface area is 138 Å².